The number of benzene rings is 4. The summed E-state index contributed by atoms with van der Waals surface area (Å²) in [5.74, 6) is -0.305. The van der Waals surface area contributed by atoms with E-state index in [1.54, 1.807) is 22.8 Å². The van der Waals surface area contributed by atoms with E-state index < -0.39 is 0 Å². The van der Waals surface area contributed by atoms with Crippen molar-refractivity contribution >= 4 is 57.2 Å². The fourth-order valence-corrected chi connectivity index (χ4v) is 7.92. The van der Waals surface area contributed by atoms with Gasteiger partial charge in [0.15, 0.2) is 4.80 Å². The van der Waals surface area contributed by atoms with Crippen molar-refractivity contribution in [1.29, 1.82) is 0 Å². The van der Waals surface area contributed by atoms with E-state index in [-0.39, 0.29) is 17.4 Å². The number of fused-ring (bicyclic) bond motifs is 4. The standard InChI is InChI=1S/C36H24Cl2FN3OS/c37-25-13-9-23(30(38)18-25)19-41-20-24(27-6-3-4-8-31(27)41)17-32-35(43)42-34(22-10-14-26(39)15-11-22)29-16-12-21-5-1-2-7-28(21)33(29)40-36(42)44-32/h1-11,13-15,17-18,20,34H,12,16,19H2/b32-17+. The third kappa shape index (κ3) is 4.56. The summed E-state index contributed by atoms with van der Waals surface area (Å²) >= 11 is 14.0. The maximum atomic E-state index is 14.2. The fourth-order valence-electron chi connectivity index (χ4n) is 6.46. The zero-order valence-electron chi connectivity index (χ0n) is 23.3. The van der Waals surface area contributed by atoms with Gasteiger partial charge in [0.1, 0.15) is 5.82 Å². The van der Waals surface area contributed by atoms with Gasteiger partial charge in [0.25, 0.3) is 5.56 Å². The van der Waals surface area contributed by atoms with E-state index >= 15 is 0 Å². The number of nitrogens with zero attached hydrogens (tertiary/aromatic N) is 3. The topological polar surface area (TPSA) is 39.3 Å². The van der Waals surface area contributed by atoms with E-state index in [0.29, 0.717) is 25.9 Å². The molecule has 1 aliphatic carbocycles. The van der Waals surface area contributed by atoms with Crippen molar-refractivity contribution in [2.24, 2.45) is 4.99 Å². The van der Waals surface area contributed by atoms with Crippen LogP contribution in [-0.2, 0) is 13.0 Å². The molecule has 1 aliphatic heterocycles. The van der Waals surface area contributed by atoms with Crippen molar-refractivity contribution in [2.45, 2.75) is 25.4 Å². The number of para-hydroxylation sites is 1. The van der Waals surface area contributed by atoms with Gasteiger partial charge in [-0.2, -0.15) is 0 Å². The Balaban J connectivity index is 1.31. The minimum Gasteiger partial charge on any atom is -0.342 e. The highest BCUT2D eigenvalue weighted by Gasteiger charge is 2.32. The molecule has 8 rings (SSSR count). The molecule has 1 unspecified atom stereocenters. The van der Waals surface area contributed by atoms with Gasteiger partial charge in [-0.05, 0) is 71.5 Å². The third-order valence-corrected chi connectivity index (χ3v) is 10.1. The molecule has 4 aromatic carbocycles. The zero-order chi connectivity index (χ0) is 29.9. The molecule has 0 radical (unpaired) electrons. The molecule has 216 valence electrons. The lowest BCUT2D eigenvalue weighted by molar-refractivity contribution is 0.581. The number of halogens is 3. The molecule has 44 heavy (non-hydrogen) atoms. The molecule has 4 nitrogen and oxygen atoms in total. The summed E-state index contributed by atoms with van der Waals surface area (Å²) < 4.78 is 18.5. The van der Waals surface area contributed by atoms with Crippen LogP contribution in [0.5, 0.6) is 0 Å². The first-order valence-electron chi connectivity index (χ1n) is 14.3. The number of allylic oxidation sites excluding steroid dienone is 1. The maximum absolute atomic E-state index is 14.2. The van der Waals surface area contributed by atoms with Crippen molar-refractivity contribution in [2.75, 3.05) is 0 Å². The van der Waals surface area contributed by atoms with Gasteiger partial charge in [0, 0.05) is 44.8 Å². The molecule has 0 saturated carbocycles. The molecule has 0 spiro atoms. The molecule has 0 saturated heterocycles. The maximum Gasteiger partial charge on any atom is 0.271 e. The van der Waals surface area contributed by atoms with E-state index in [9.17, 15) is 9.18 Å². The van der Waals surface area contributed by atoms with Crippen LogP contribution in [0.2, 0.25) is 10.0 Å². The van der Waals surface area contributed by atoms with E-state index in [0.717, 1.165) is 57.3 Å². The highest BCUT2D eigenvalue weighted by atomic mass is 35.5. The first-order chi connectivity index (χ1) is 21.4. The number of thiazole rings is 1. The number of aromatic nitrogens is 2. The van der Waals surface area contributed by atoms with E-state index in [4.69, 9.17) is 28.2 Å². The van der Waals surface area contributed by atoms with Crippen molar-refractivity contribution < 1.29 is 4.39 Å². The smallest absolute Gasteiger partial charge is 0.271 e. The van der Waals surface area contributed by atoms with Crippen LogP contribution in [0.15, 0.2) is 113 Å². The normalized spacial score (nSPS) is 16.1. The molecule has 0 amide bonds. The molecule has 0 bridgehead atoms. The monoisotopic (exact) mass is 635 g/mol. The van der Waals surface area contributed by atoms with Crippen LogP contribution in [0.25, 0.3) is 22.7 Å². The number of rotatable bonds is 4. The van der Waals surface area contributed by atoms with Crippen LogP contribution < -0.4 is 14.9 Å². The molecule has 1 atom stereocenters. The third-order valence-electron chi connectivity index (χ3n) is 8.52. The summed E-state index contributed by atoms with van der Waals surface area (Å²) in [4.78, 5) is 20.0. The van der Waals surface area contributed by atoms with Crippen molar-refractivity contribution in [3.63, 3.8) is 0 Å². The lowest BCUT2D eigenvalue weighted by atomic mass is 9.83. The van der Waals surface area contributed by atoms with Crippen molar-refractivity contribution in [3.8, 4) is 0 Å². The van der Waals surface area contributed by atoms with Crippen LogP contribution in [0.4, 0.5) is 4.39 Å². The van der Waals surface area contributed by atoms with Crippen molar-refractivity contribution in [3.05, 3.63) is 166 Å². The lowest BCUT2D eigenvalue weighted by Crippen LogP contribution is -2.38. The molecule has 8 heteroatoms. The van der Waals surface area contributed by atoms with Gasteiger partial charge < -0.3 is 4.57 Å². The molecule has 0 fully saturated rings. The quantitative estimate of drug-likeness (QED) is 0.195. The minimum atomic E-state index is -0.356. The Morgan fingerprint density at radius 3 is 2.59 bits per heavy atom. The van der Waals surface area contributed by atoms with Gasteiger partial charge in [-0.3, -0.25) is 9.36 Å². The summed E-state index contributed by atoms with van der Waals surface area (Å²) in [5, 5.41) is 2.24. The Morgan fingerprint density at radius 1 is 0.955 bits per heavy atom. The van der Waals surface area contributed by atoms with Gasteiger partial charge in [-0.1, -0.05) is 95.2 Å². The molecule has 3 heterocycles. The van der Waals surface area contributed by atoms with E-state index in [1.807, 2.05) is 36.4 Å². The lowest BCUT2D eigenvalue weighted by Gasteiger charge is -2.30. The first kappa shape index (κ1) is 27.3. The van der Waals surface area contributed by atoms with Gasteiger partial charge >= 0.3 is 0 Å². The fraction of sp³-hybridized carbons (Fsp3) is 0.111. The highest BCUT2D eigenvalue weighted by molar-refractivity contribution is 7.07. The summed E-state index contributed by atoms with van der Waals surface area (Å²) in [6.45, 7) is 0.558. The number of aryl methyl sites for hydroxylation is 1. The van der Waals surface area contributed by atoms with Gasteiger partial charge in [0.05, 0.1) is 16.3 Å². The molecule has 2 aromatic heterocycles. The largest absolute Gasteiger partial charge is 0.342 e. The summed E-state index contributed by atoms with van der Waals surface area (Å²) in [6.07, 6.45) is 5.67. The van der Waals surface area contributed by atoms with E-state index in [1.165, 1.54) is 29.0 Å². The Labute approximate surface area is 266 Å². The molecular formula is C36H24Cl2FN3OS. The number of hydrogen-bond donors (Lipinski definition) is 0. The van der Waals surface area contributed by atoms with Crippen molar-refractivity contribution in [1.82, 2.24) is 9.13 Å². The molecule has 6 aromatic rings. The summed E-state index contributed by atoms with van der Waals surface area (Å²) in [5.41, 5.74) is 8.05. The second kappa shape index (κ2) is 10.7. The number of hydrogen-bond acceptors (Lipinski definition) is 3. The van der Waals surface area contributed by atoms with E-state index in [2.05, 4.69) is 41.1 Å². The van der Waals surface area contributed by atoms with Gasteiger partial charge in [0.2, 0.25) is 0 Å². The second-order valence-corrected chi connectivity index (χ2v) is 13.0. The predicted molar refractivity (Wildman–Crippen MR) is 177 cm³/mol. The van der Waals surface area contributed by atoms with Crippen LogP contribution in [0, 0.1) is 5.82 Å². The zero-order valence-corrected chi connectivity index (χ0v) is 25.6. The SMILES string of the molecule is O=c1/c(=C\c2cn(Cc3ccc(Cl)cc3Cl)c3ccccc23)sc2n1C(c1ccc(F)cc1)C1=C(N=2)c2ccccc2CC1. The van der Waals surface area contributed by atoms with Crippen LogP contribution in [0.1, 0.15) is 40.3 Å². The first-order valence-corrected chi connectivity index (χ1v) is 15.9. The average Bonchev–Trinajstić information content (AvgIpc) is 3.54. The molecule has 2 aliphatic rings. The Bertz CT molecular complexity index is 2330. The highest BCUT2D eigenvalue weighted by Crippen LogP contribution is 2.41. The van der Waals surface area contributed by atoms with Crippen LogP contribution in [0.3, 0.4) is 0 Å². The van der Waals surface area contributed by atoms with Crippen LogP contribution in [-0.4, -0.2) is 9.13 Å². The Hall–Kier alpha value is -4.23. The molecular weight excluding hydrogens is 612 g/mol. The Morgan fingerprint density at radius 2 is 1.75 bits per heavy atom. The Kier molecular flexibility index (Phi) is 6.67. The summed E-state index contributed by atoms with van der Waals surface area (Å²) in [6, 6.07) is 28.1. The minimum absolute atomic E-state index is 0.105. The summed E-state index contributed by atoms with van der Waals surface area (Å²) in [7, 11) is 0. The predicted octanol–water partition coefficient (Wildman–Crippen LogP) is 7.77. The molecule has 0 N–H and O–H groups in total. The van der Waals surface area contributed by atoms with Gasteiger partial charge in [-0.15, -0.1) is 0 Å². The van der Waals surface area contributed by atoms with Gasteiger partial charge in [-0.25, -0.2) is 9.38 Å². The average molecular weight is 637 g/mol. The second-order valence-electron chi connectivity index (χ2n) is 11.1. The van der Waals surface area contributed by atoms with Crippen LogP contribution >= 0.6 is 34.5 Å².